The number of fused-ring (bicyclic) bond motifs is 1. The molecule has 18 heavy (non-hydrogen) atoms. The molecule has 0 unspecified atom stereocenters. The van der Waals surface area contributed by atoms with Gasteiger partial charge in [0.05, 0.1) is 18.3 Å². The minimum Gasteiger partial charge on any atom is -0.414 e. The second-order valence-electron chi connectivity index (χ2n) is 4.55. The molecule has 0 aliphatic rings. The van der Waals surface area contributed by atoms with Gasteiger partial charge in [-0.25, -0.2) is 0 Å². The Kier molecular flexibility index (Phi) is 4.65. The number of rotatable bonds is 7. The number of aliphatic hydroxyl groups excluding tert-OH is 1. The van der Waals surface area contributed by atoms with Crippen LogP contribution in [0, 0.1) is 0 Å². The Labute approximate surface area is 108 Å². The van der Waals surface area contributed by atoms with Crippen molar-refractivity contribution in [2.24, 2.45) is 0 Å². The van der Waals surface area contributed by atoms with Gasteiger partial charge in [-0.15, -0.1) is 0 Å². The van der Waals surface area contributed by atoms with Gasteiger partial charge in [-0.1, -0.05) is 38.0 Å². The molecule has 0 saturated heterocycles. The maximum Gasteiger partial charge on any atom is 0.115 e. The first-order chi connectivity index (χ1) is 8.86. The van der Waals surface area contributed by atoms with E-state index in [0.29, 0.717) is 0 Å². The third kappa shape index (κ3) is 2.85. The van der Waals surface area contributed by atoms with Gasteiger partial charge in [-0.05, 0) is 18.9 Å². The molecule has 98 valence electrons. The molecule has 0 spiro atoms. The number of para-hydroxylation sites is 1. The molecular weight excluding hydrogens is 226 g/mol. The Balaban J connectivity index is 2.04. The van der Waals surface area contributed by atoms with E-state index in [0.717, 1.165) is 29.5 Å². The van der Waals surface area contributed by atoms with Crippen molar-refractivity contribution in [3.05, 3.63) is 36.0 Å². The summed E-state index contributed by atoms with van der Waals surface area (Å²) in [6.07, 6.45) is 6.67. The van der Waals surface area contributed by atoms with Gasteiger partial charge in [0.1, 0.15) is 6.61 Å². The minimum absolute atomic E-state index is 0.0483. The average Bonchev–Trinajstić information content (AvgIpc) is 2.77. The predicted molar refractivity (Wildman–Crippen MR) is 73.4 cm³/mol. The van der Waals surface area contributed by atoms with Crippen molar-refractivity contribution in [3.8, 4) is 0 Å². The van der Waals surface area contributed by atoms with E-state index in [1.165, 1.54) is 19.3 Å². The van der Waals surface area contributed by atoms with E-state index < -0.39 is 0 Å². The molecule has 0 aliphatic heterocycles. The molecule has 0 fully saturated rings. The third-order valence-corrected chi connectivity index (χ3v) is 3.16. The lowest BCUT2D eigenvalue weighted by Gasteiger charge is -2.07. The maximum atomic E-state index is 9.32. The molecule has 3 heteroatoms. The van der Waals surface area contributed by atoms with Crippen LogP contribution in [0.15, 0.2) is 30.5 Å². The van der Waals surface area contributed by atoms with Gasteiger partial charge in [0.2, 0.25) is 0 Å². The summed E-state index contributed by atoms with van der Waals surface area (Å²) in [6, 6.07) is 7.99. The first-order valence-corrected chi connectivity index (χ1v) is 6.70. The zero-order chi connectivity index (χ0) is 12.8. The van der Waals surface area contributed by atoms with Gasteiger partial charge in [0.25, 0.3) is 0 Å². The van der Waals surface area contributed by atoms with Crippen LogP contribution >= 0.6 is 0 Å². The van der Waals surface area contributed by atoms with Crippen LogP contribution in [-0.4, -0.2) is 16.4 Å². The van der Waals surface area contributed by atoms with Gasteiger partial charge < -0.3 is 9.94 Å². The molecule has 2 rings (SSSR count). The lowest BCUT2D eigenvalue weighted by Crippen LogP contribution is -2.11. The van der Waals surface area contributed by atoms with Crippen LogP contribution in [-0.2, 0) is 6.61 Å². The average molecular weight is 247 g/mol. The molecule has 0 amide bonds. The van der Waals surface area contributed by atoms with Crippen LogP contribution in [0.2, 0.25) is 0 Å². The highest BCUT2D eigenvalue weighted by molar-refractivity contribution is 5.83. The maximum absolute atomic E-state index is 9.32. The van der Waals surface area contributed by atoms with Crippen molar-refractivity contribution >= 4 is 10.9 Å². The fraction of sp³-hybridized carbons (Fsp3) is 0.467. The van der Waals surface area contributed by atoms with E-state index >= 15 is 0 Å². The Morgan fingerprint density at radius 1 is 1.17 bits per heavy atom. The molecule has 0 radical (unpaired) electrons. The summed E-state index contributed by atoms with van der Waals surface area (Å²) in [5.74, 6) is 0. The van der Waals surface area contributed by atoms with Gasteiger partial charge in [-0.3, -0.25) is 0 Å². The van der Waals surface area contributed by atoms with Crippen molar-refractivity contribution in [3.63, 3.8) is 0 Å². The highest BCUT2D eigenvalue weighted by atomic mass is 16.7. The molecule has 3 nitrogen and oxygen atoms in total. The van der Waals surface area contributed by atoms with Crippen molar-refractivity contribution in [2.45, 2.75) is 39.2 Å². The van der Waals surface area contributed by atoms with E-state index in [-0.39, 0.29) is 6.61 Å². The lowest BCUT2D eigenvalue weighted by molar-refractivity contribution is 0.115. The lowest BCUT2D eigenvalue weighted by atomic mass is 10.2. The Bertz CT molecular complexity index is 490. The quantitative estimate of drug-likeness (QED) is 0.763. The standard InChI is InChI=1S/C15H21NO2/c1-2-3-4-7-10-18-16-11-13(12-17)14-8-5-6-9-15(14)16/h5-6,8-9,11,17H,2-4,7,10,12H2,1H3. The first kappa shape index (κ1) is 13.0. The van der Waals surface area contributed by atoms with Crippen molar-refractivity contribution in [1.82, 2.24) is 4.73 Å². The summed E-state index contributed by atoms with van der Waals surface area (Å²) in [5, 5.41) is 10.4. The molecule has 2 aromatic rings. The number of hydrogen-bond acceptors (Lipinski definition) is 2. The van der Waals surface area contributed by atoms with Crippen molar-refractivity contribution < 1.29 is 9.94 Å². The first-order valence-electron chi connectivity index (χ1n) is 6.70. The largest absolute Gasteiger partial charge is 0.414 e. The van der Waals surface area contributed by atoms with Crippen LogP contribution in [0.3, 0.4) is 0 Å². The summed E-state index contributed by atoms with van der Waals surface area (Å²) in [5.41, 5.74) is 1.94. The number of aliphatic hydroxyl groups is 1. The number of benzene rings is 1. The number of nitrogens with zero attached hydrogens (tertiary/aromatic N) is 1. The smallest absolute Gasteiger partial charge is 0.115 e. The van der Waals surface area contributed by atoms with Crippen LogP contribution < -0.4 is 4.84 Å². The van der Waals surface area contributed by atoms with Crippen LogP contribution in [0.5, 0.6) is 0 Å². The third-order valence-electron chi connectivity index (χ3n) is 3.16. The summed E-state index contributed by atoms with van der Waals surface area (Å²) in [6.45, 7) is 2.98. The Morgan fingerprint density at radius 3 is 2.78 bits per heavy atom. The highest BCUT2D eigenvalue weighted by Gasteiger charge is 2.07. The van der Waals surface area contributed by atoms with E-state index in [1.807, 2.05) is 30.5 Å². The predicted octanol–water partition coefficient (Wildman–Crippen LogP) is 3.14. The molecule has 0 bridgehead atoms. The van der Waals surface area contributed by atoms with E-state index in [1.54, 1.807) is 4.73 Å². The number of unbranched alkanes of at least 4 members (excludes halogenated alkanes) is 3. The SMILES string of the molecule is CCCCCCOn1cc(CO)c2ccccc21. The second-order valence-corrected chi connectivity index (χ2v) is 4.55. The number of aromatic nitrogens is 1. The van der Waals surface area contributed by atoms with Crippen LogP contribution in [0.25, 0.3) is 10.9 Å². The van der Waals surface area contributed by atoms with Gasteiger partial charge in [-0.2, -0.15) is 4.73 Å². The van der Waals surface area contributed by atoms with Crippen LogP contribution in [0.4, 0.5) is 0 Å². The summed E-state index contributed by atoms with van der Waals surface area (Å²) >= 11 is 0. The van der Waals surface area contributed by atoms with Gasteiger partial charge in [0, 0.05) is 10.9 Å². The summed E-state index contributed by atoms with van der Waals surface area (Å²) < 4.78 is 1.78. The van der Waals surface area contributed by atoms with Crippen molar-refractivity contribution in [1.29, 1.82) is 0 Å². The number of hydrogen-bond donors (Lipinski definition) is 1. The Morgan fingerprint density at radius 2 is 2.00 bits per heavy atom. The van der Waals surface area contributed by atoms with Gasteiger partial charge in [0.15, 0.2) is 0 Å². The normalized spacial score (nSPS) is 11.0. The monoisotopic (exact) mass is 247 g/mol. The molecule has 0 aliphatic carbocycles. The molecular formula is C15H21NO2. The zero-order valence-corrected chi connectivity index (χ0v) is 10.9. The highest BCUT2D eigenvalue weighted by Crippen LogP contribution is 2.20. The molecule has 1 N–H and O–H groups in total. The Hall–Kier alpha value is -1.48. The summed E-state index contributed by atoms with van der Waals surface area (Å²) in [7, 11) is 0. The second kappa shape index (κ2) is 6.45. The fourth-order valence-corrected chi connectivity index (χ4v) is 2.14. The molecule has 0 saturated carbocycles. The van der Waals surface area contributed by atoms with E-state index in [2.05, 4.69) is 6.92 Å². The fourth-order valence-electron chi connectivity index (χ4n) is 2.14. The minimum atomic E-state index is 0.0483. The summed E-state index contributed by atoms with van der Waals surface area (Å²) in [4.78, 5) is 5.75. The molecule has 0 atom stereocenters. The topological polar surface area (TPSA) is 34.4 Å². The van der Waals surface area contributed by atoms with Crippen molar-refractivity contribution in [2.75, 3.05) is 6.61 Å². The van der Waals surface area contributed by atoms with Crippen LogP contribution in [0.1, 0.15) is 38.2 Å². The molecule has 1 heterocycles. The van der Waals surface area contributed by atoms with Gasteiger partial charge >= 0.3 is 0 Å². The molecule has 1 aromatic heterocycles. The van der Waals surface area contributed by atoms with E-state index in [9.17, 15) is 5.11 Å². The zero-order valence-electron chi connectivity index (χ0n) is 10.9. The molecule has 1 aromatic carbocycles. The van der Waals surface area contributed by atoms with E-state index in [4.69, 9.17) is 4.84 Å².